The predicted octanol–water partition coefficient (Wildman–Crippen LogP) is 1.33. The zero-order valence-corrected chi connectivity index (χ0v) is 8.39. The highest BCUT2D eigenvalue weighted by atomic mass is 16.5. The smallest absolute Gasteiger partial charge is 0.246 e. The summed E-state index contributed by atoms with van der Waals surface area (Å²) in [6.07, 6.45) is 1.07. The first kappa shape index (κ1) is 11.4. The van der Waals surface area contributed by atoms with E-state index < -0.39 is 0 Å². The summed E-state index contributed by atoms with van der Waals surface area (Å²) in [5.74, 6) is -0.0296. The third-order valence-electron chi connectivity index (χ3n) is 1.57. The molecule has 0 radical (unpaired) electrons. The minimum Gasteiger partial charge on any atom is -0.369 e. The fraction of sp³-hybridized carbons (Fsp3) is 0.889. The molecule has 0 fully saturated rings. The van der Waals surface area contributed by atoms with Gasteiger partial charge in [-0.05, 0) is 27.2 Å². The molecule has 12 heavy (non-hydrogen) atoms. The summed E-state index contributed by atoms with van der Waals surface area (Å²) in [4.78, 5) is 11.1. The average molecular weight is 173 g/mol. The first-order valence-corrected chi connectivity index (χ1v) is 4.47. The fourth-order valence-corrected chi connectivity index (χ4v) is 0.661. The molecule has 0 saturated carbocycles. The monoisotopic (exact) mass is 173 g/mol. The van der Waals surface area contributed by atoms with Gasteiger partial charge in [0.1, 0.15) is 6.61 Å². The summed E-state index contributed by atoms with van der Waals surface area (Å²) in [5.41, 5.74) is 0. The molecule has 1 N–H and O–H groups in total. The van der Waals surface area contributed by atoms with Crippen LogP contribution in [0.15, 0.2) is 0 Å². The second kappa shape index (κ2) is 6.00. The van der Waals surface area contributed by atoms with Crippen LogP contribution in [0.4, 0.5) is 0 Å². The minimum absolute atomic E-state index is 0.0296. The Bertz CT molecular complexity index is 134. The Morgan fingerprint density at radius 2 is 2.00 bits per heavy atom. The van der Waals surface area contributed by atoms with Crippen molar-refractivity contribution in [3.63, 3.8) is 0 Å². The third kappa shape index (κ3) is 6.16. The van der Waals surface area contributed by atoms with E-state index in [4.69, 9.17) is 4.74 Å². The third-order valence-corrected chi connectivity index (χ3v) is 1.57. The Morgan fingerprint density at radius 1 is 1.42 bits per heavy atom. The quantitative estimate of drug-likeness (QED) is 0.681. The molecule has 0 bridgehead atoms. The van der Waals surface area contributed by atoms with Gasteiger partial charge in [0.25, 0.3) is 0 Å². The van der Waals surface area contributed by atoms with Crippen molar-refractivity contribution in [2.75, 3.05) is 6.61 Å². The van der Waals surface area contributed by atoms with Gasteiger partial charge >= 0.3 is 0 Å². The Kier molecular flexibility index (Phi) is 5.72. The van der Waals surface area contributed by atoms with Crippen molar-refractivity contribution in [2.24, 2.45) is 0 Å². The van der Waals surface area contributed by atoms with Crippen LogP contribution in [-0.4, -0.2) is 24.7 Å². The van der Waals surface area contributed by atoms with E-state index in [2.05, 4.69) is 5.32 Å². The summed E-state index contributed by atoms with van der Waals surface area (Å²) < 4.78 is 5.14. The Balaban J connectivity index is 3.46. The van der Waals surface area contributed by atoms with Gasteiger partial charge in [-0.3, -0.25) is 4.79 Å². The van der Waals surface area contributed by atoms with Crippen LogP contribution >= 0.6 is 0 Å². The van der Waals surface area contributed by atoms with Crippen molar-refractivity contribution >= 4 is 5.91 Å². The number of amides is 1. The summed E-state index contributed by atoms with van der Waals surface area (Å²) in [5, 5.41) is 2.82. The molecule has 3 heteroatoms. The topological polar surface area (TPSA) is 38.3 Å². The van der Waals surface area contributed by atoms with Crippen LogP contribution in [0.3, 0.4) is 0 Å². The highest BCUT2D eigenvalue weighted by Gasteiger charge is 2.05. The molecular weight excluding hydrogens is 154 g/mol. The zero-order chi connectivity index (χ0) is 9.56. The lowest BCUT2D eigenvalue weighted by Gasteiger charge is -2.12. The summed E-state index contributed by atoms with van der Waals surface area (Å²) in [7, 11) is 0. The lowest BCUT2D eigenvalue weighted by Crippen LogP contribution is -2.35. The van der Waals surface area contributed by atoms with E-state index in [-0.39, 0.29) is 24.7 Å². The van der Waals surface area contributed by atoms with E-state index >= 15 is 0 Å². The SMILES string of the molecule is CCC(C)NC(=O)COC(C)C. The van der Waals surface area contributed by atoms with Gasteiger partial charge in [-0.15, -0.1) is 0 Å². The van der Waals surface area contributed by atoms with E-state index in [0.717, 1.165) is 6.42 Å². The maximum atomic E-state index is 11.1. The first-order chi connectivity index (χ1) is 5.56. The molecule has 72 valence electrons. The van der Waals surface area contributed by atoms with Gasteiger partial charge in [0.15, 0.2) is 0 Å². The van der Waals surface area contributed by atoms with Crippen LogP contribution < -0.4 is 5.32 Å². The van der Waals surface area contributed by atoms with E-state index in [1.54, 1.807) is 0 Å². The van der Waals surface area contributed by atoms with Gasteiger partial charge < -0.3 is 10.1 Å². The van der Waals surface area contributed by atoms with Crippen molar-refractivity contribution in [3.8, 4) is 0 Å². The van der Waals surface area contributed by atoms with Crippen LogP contribution in [0.1, 0.15) is 34.1 Å². The molecule has 1 atom stereocenters. The van der Waals surface area contributed by atoms with E-state index in [0.29, 0.717) is 0 Å². The Hall–Kier alpha value is -0.570. The molecule has 0 spiro atoms. The molecule has 1 amide bonds. The lowest BCUT2D eigenvalue weighted by molar-refractivity contribution is -0.127. The second-order valence-electron chi connectivity index (χ2n) is 3.24. The number of hydrogen-bond donors (Lipinski definition) is 1. The molecule has 3 nitrogen and oxygen atoms in total. The highest BCUT2D eigenvalue weighted by Crippen LogP contribution is 1.90. The largest absolute Gasteiger partial charge is 0.369 e. The van der Waals surface area contributed by atoms with E-state index in [1.165, 1.54) is 0 Å². The number of carbonyl (C=O) groups is 1. The van der Waals surface area contributed by atoms with Crippen molar-refractivity contribution in [1.82, 2.24) is 5.32 Å². The molecule has 0 aliphatic carbocycles. The molecule has 0 saturated heterocycles. The molecule has 0 aromatic carbocycles. The summed E-state index contributed by atoms with van der Waals surface area (Å²) in [6, 6.07) is 0.244. The minimum atomic E-state index is -0.0296. The molecular formula is C9H19NO2. The van der Waals surface area contributed by atoms with E-state index in [1.807, 2.05) is 27.7 Å². The molecule has 0 rings (SSSR count). The average Bonchev–Trinajstić information content (AvgIpc) is 2.00. The molecule has 0 aliphatic rings. The summed E-state index contributed by atoms with van der Waals surface area (Å²) >= 11 is 0. The molecule has 0 aliphatic heterocycles. The second-order valence-corrected chi connectivity index (χ2v) is 3.24. The summed E-state index contributed by atoms with van der Waals surface area (Å²) in [6.45, 7) is 8.01. The van der Waals surface area contributed by atoms with Crippen LogP contribution in [0.25, 0.3) is 0 Å². The van der Waals surface area contributed by atoms with Crippen molar-refractivity contribution in [2.45, 2.75) is 46.3 Å². The van der Waals surface area contributed by atoms with Gasteiger partial charge in [-0.2, -0.15) is 0 Å². The van der Waals surface area contributed by atoms with Crippen molar-refractivity contribution < 1.29 is 9.53 Å². The normalized spacial score (nSPS) is 13.1. The standard InChI is InChI=1S/C9H19NO2/c1-5-8(4)10-9(11)6-12-7(2)3/h7-8H,5-6H2,1-4H3,(H,10,11). The Labute approximate surface area is 74.5 Å². The number of ether oxygens (including phenoxy) is 1. The number of hydrogen-bond acceptors (Lipinski definition) is 2. The molecule has 1 unspecified atom stereocenters. The van der Waals surface area contributed by atoms with Gasteiger partial charge in [0.05, 0.1) is 6.10 Å². The van der Waals surface area contributed by atoms with Crippen LogP contribution in [0, 0.1) is 0 Å². The van der Waals surface area contributed by atoms with Crippen LogP contribution in [-0.2, 0) is 9.53 Å². The van der Waals surface area contributed by atoms with Gasteiger partial charge in [-0.25, -0.2) is 0 Å². The maximum Gasteiger partial charge on any atom is 0.246 e. The molecule has 0 aromatic heterocycles. The van der Waals surface area contributed by atoms with Gasteiger partial charge in [0, 0.05) is 6.04 Å². The van der Waals surface area contributed by atoms with Crippen LogP contribution in [0.2, 0.25) is 0 Å². The fourth-order valence-electron chi connectivity index (χ4n) is 0.661. The van der Waals surface area contributed by atoms with Crippen LogP contribution in [0.5, 0.6) is 0 Å². The number of rotatable bonds is 5. The Morgan fingerprint density at radius 3 is 2.42 bits per heavy atom. The molecule has 0 aromatic rings. The number of nitrogens with one attached hydrogen (secondary N) is 1. The maximum absolute atomic E-state index is 11.1. The van der Waals surface area contributed by atoms with Gasteiger partial charge in [0.2, 0.25) is 5.91 Å². The number of carbonyl (C=O) groups excluding carboxylic acids is 1. The van der Waals surface area contributed by atoms with Crippen molar-refractivity contribution in [1.29, 1.82) is 0 Å². The predicted molar refractivity (Wildman–Crippen MR) is 49.0 cm³/mol. The lowest BCUT2D eigenvalue weighted by atomic mass is 10.2. The first-order valence-electron chi connectivity index (χ1n) is 4.47. The van der Waals surface area contributed by atoms with Crippen molar-refractivity contribution in [3.05, 3.63) is 0 Å². The van der Waals surface area contributed by atoms with Gasteiger partial charge in [-0.1, -0.05) is 6.92 Å². The highest BCUT2D eigenvalue weighted by molar-refractivity contribution is 5.77. The molecule has 0 heterocycles. The van der Waals surface area contributed by atoms with E-state index in [9.17, 15) is 4.79 Å². The zero-order valence-electron chi connectivity index (χ0n) is 8.39.